The van der Waals surface area contributed by atoms with E-state index in [-0.39, 0.29) is 21.4 Å². The number of piperazine rings is 1. The highest BCUT2D eigenvalue weighted by atomic mass is 35.5. The molecule has 1 fully saturated rings. The molecule has 2 aromatic carbocycles. The summed E-state index contributed by atoms with van der Waals surface area (Å²) in [5.41, 5.74) is 1.11. The van der Waals surface area contributed by atoms with Gasteiger partial charge in [-0.2, -0.15) is 0 Å². The molecule has 3 rings (SSSR count). The Morgan fingerprint density at radius 3 is 2.30 bits per heavy atom. The van der Waals surface area contributed by atoms with Crippen molar-refractivity contribution >= 4 is 33.5 Å². The molecule has 1 aliphatic heterocycles. The van der Waals surface area contributed by atoms with Crippen LogP contribution in [0.15, 0.2) is 53.4 Å². The first-order chi connectivity index (χ1) is 15.6. The summed E-state index contributed by atoms with van der Waals surface area (Å²) in [5, 5.41) is 0.0480. The van der Waals surface area contributed by atoms with E-state index in [4.69, 9.17) is 16.3 Å². The van der Waals surface area contributed by atoms with Gasteiger partial charge in [-0.05, 0) is 30.7 Å². The number of sulfonamides is 1. The molecule has 1 unspecified atom stereocenters. The molecule has 0 spiro atoms. The van der Waals surface area contributed by atoms with E-state index in [1.165, 1.54) is 44.8 Å². The minimum absolute atomic E-state index is 0.0480. The predicted molar refractivity (Wildman–Crippen MR) is 126 cm³/mol. The maximum Gasteiger partial charge on any atom is 0.340 e. The summed E-state index contributed by atoms with van der Waals surface area (Å²) in [7, 11) is -0.970. The van der Waals surface area contributed by atoms with Gasteiger partial charge in [-0.25, -0.2) is 17.5 Å². The summed E-state index contributed by atoms with van der Waals surface area (Å²) in [4.78, 5) is 29.4. The number of rotatable bonds is 7. The van der Waals surface area contributed by atoms with Crippen LogP contribution < -0.4 is 0 Å². The summed E-state index contributed by atoms with van der Waals surface area (Å²) in [5.74, 6) is -1.14. The van der Waals surface area contributed by atoms with Crippen LogP contribution in [0.5, 0.6) is 0 Å². The Morgan fingerprint density at radius 1 is 1.06 bits per heavy atom. The molecule has 178 valence electrons. The zero-order valence-corrected chi connectivity index (χ0v) is 20.5. The zero-order valence-electron chi connectivity index (χ0n) is 18.9. The summed E-state index contributed by atoms with van der Waals surface area (Å²) >= 11 is 6.10. The second-order valence-corrected chi connectivity index (χ2v) is 10.6. The Morgan fingerprint density at radius 2 is 1.70 bits per heavy atom. The van der Waals surface area contributed by atoms with E-state index in [1.807, 2.05) is 18.2 Å². The van der Waals surface area contributed by atoms with Crippen LogP contribution in [0.2, 0.25) is 5.02 Å². The van der Waals surface area contributed by atoms with Crippen LogP contribution in [0.3, 0.4) is 0 Å². The van der Waals surface area contributed by atoms with E-state index >= 15 is 0 Å². The molecular formula is C23H28ClN3O5S. The number of carbonyl (C=O) groups is 2. The average Bonchev–Trinajstić information content (AvgIpc) is 2.79. The molecule has 1 aliphatic rings. The third-order valence-corrected chi connectivity index (χ3v) is 7.64. The molecule has 0 N–H and O–H groups in total. The lowest BCUT2D eigenvalue weighted by Crippen LogP contribution is -2.51. The topological polar surface area (TPSA) is 87.2 Å². The van der Waals surface area contributed by atoms with Crippen molar-refractivity contribution < 1.29 is 22.7 Å². The smallest absolute Gasteiger partial charge is 0.340 e. The summed E-state index contributed by atoms with van der Waals surface area (Å²) in [6, 6.07) is 13.9. The molecule has 0 bridgehead atoms. The van der Waals surface area contributed by atoms with Crippen molar-refractivity contribution in [2.45, 2.75) is 24.5 Å². The van der Waals surface area contributed by atoms with Crippen LogP contribution >= 0.6 is 11.6 Å². The number of hydrogen-bond donors (Lipinski definition) is 0. The van der Waals surface area contributed by atoms with Gasteiger partial charge in [0.2, 0.25) is 10.0 Å². The fourth-order valence-electron chi connectivity index (χ4n) is 3.53. The van der Waals surface area contributed by atoms with Crippen LogP contribution in [0.4, 0.5) is 0 Å². The third kappa shape index (κ3) is 6.11. The molecule has 0 saturated carbocycles. The van der Waals surface area contributed by atoms with Crippen molar-refractivity contribution in [2.75, 3.05) is 40.3 Å². The molecule has 0 aliphatic carbocycles. The van der Waals surface area contributed by atoms with Crippen molar-refractivity contribution in [1.82, 2.24) is 14.1 Å². The van der Waals surface area contributed by atoms with Gasteiger partial charge in [0.15, 0.2) is 6.10 Å². The first-order valence-electron chi connectivity index (χ1n) is 10.6. The highest BCUT2D eigenvalue weighted by Gasteiger charge is 2.29. The van der Waals surface area contributed by atoms with E-state index in [0.717, 1.165) is 23.9 Å². The van der Waals surface area contributed by atoms with Gasteiger partial charge in [0, 0.05) is 46.8 Å². The maximum atomic E-state index is 12.8. The second-order valence-electron chi connectivity index (χ2n) is 8.06. The Labute approximate surface area is 199 Å². The number of carbonyl (C=O) groups excluding carboxylic acids is 2. The Balaban J connectivity index is 1.59. The highest BCUT2D eigenvalue weighted by molar-refractivity contribution is 7.89. The normalized spacial score (nSPS) is 16.0. The third-order valence-electron chi connectivity index (χ3n) is 5.50. The number of benzene rings is 2. The molecule has 1 amide bonds. The second kappa shape index (κ2) is 10.6. The SMILES string of the molecule is CC(OC(=O)c1cc(S(=O)(=O)N(C)C)ccc1Cl)C(=O)N1CCN(Cc2ccccc2)CC1. The Bertz CT molecular complexity index is 1100. The van der Waals surface area contributed by atoms with Crippen LogP contribution in [-0.4, -0.2) is 80.8 Å². The van der Waals surface area contributed by atoms with Gasteiger partial charge in [0.05, 0.1) is 15.5 Å². The van der Waals surface area contributed by atoms with E-state index in [2.05, 4.69) is 17.0 Å². The molecule has 10 heteroatoms. The number of nitrogens with zero attached hydrogens (tertiary/aromatic N) is 3. The number of amides is 1. The molecular weight excluding hydrogens is 466 g/mol. The molecule has 1 saturated heterocycles. The standard InChI is InChI=1S/C23H28ClN3O5S/c1-17(22(28)27-13-11-26(12-14-27)16-18-7-5-4-6-8-18)32-23(29)20-15-19(9-10-21(20)24)33(30,31)25(2)3/h4-10,15,17H,11-14,16H2,1-3H3. The van der Waals surface area contributed by atoms with Gasteiger partial charge in [-0.1, -0.05) is 41.9 Å². The van der Waals surface area contributed by atoms with Gasteiger partial charge in [0.1, 0.15) is 0 Å². The molecule has 0 aromatic heterocycles. The van der Waals surface area contributed by atoms with Gasteiger partial charge < -0.3 is 9.64 Å². The number of halogens is 1. The Kier molecular flexibility index (Phi) is 8.12. The van der Waals surface area contributed by atoms with E-state index < -0.39 is 22.1 Å². The summed E-state index contributed by atoms with van der Waals surface area (Å²) < 4.78 is 31.1. The lowest BCUT2D eigenvalue weighted by molar-refractivity contribution is -0.141. The lowest BCUT2D eigenvalue weighted by atomic mass is 10.2. The van der Waals surface area contributed by atoms with E-state index in [0.29, 0.717) is 13.1 Å². The van der Waals surface area contributed by atoms with Crippen molar-refractivity contribution in [2.24, 2.45) is 0 Å². The predicted octanol–water partition coefficient (Wildman–Crippen LogP) is 2.48. The van der Waals surface area contributed by atoms with Gasteiger partial charge in [0.25, 0.3) is 5.91 Å². The first kappa shape index (κ1) is 25.2. The molecule has 0 radical (unpaired) electrons. The molecule has 8 nitrogen and oxygen atoms in total. The maximum absolute atomic E-state index is 12.8. The monoisotopic (exact) mass is 493 g/mol. The molecule has 33 heavy (non-hydrogen) atoms. The van der Waals surface area contributed by atoms with Crippen molar-refractivity contribution in [3.63, 3.8) is 0 Å². The van der Waals surface area contributed by atoms with E-state index in [1.54, 1.807) is 4.90 Å². The number of hydrogen-bond acceptors (Lipinski definition) is 6. The van der Waals surface area contributed by atoms with Crippen LogP contribution in [0, 0.1) is 0 Å². The number of ether oxygens (including phenoxy) is 1. The molecule has 1 atom stereocenters. The van der Waals surface area contributed by atoms with Gasteiger partial charge in [-0.3, -0.25) is 9.69 Å². The number of esters is 1. The largest absolute Gasteiger partial charge is 0.449 e. The minimum Gasteiger partial charge on any atom is -0.449 e. The Hall–Kier alpha value is -2.46. The first-order valence-corrected chi connectivity index (χ1v) is 12.4. The van der Waals surface area contributed by atoms with Crippen molar-refractivity contribution in [3.8, 4) is 0 Å². The lowest BCUT2D eigenvalue weighted by Gasteiger charge is -2.35. The van der Waals surface area contributed by atoms with E-state index in [9.17, 15) is 18.0 Å². The minimum atomic E-state index is -3.75. The quantitative estimate of drug-likeness (QED) is 0.551. The average molecular weight is 494 g/mol. The summed E-state index contributed by atoms with van der Waals surface area (Å²) in [6.07, 6.45) is -1.02. The molecule has 2 aromatic rings. The van der Waals surface area contributed by atoms with Crippen LogP contribution in [0.25, 0.3) is 0 Å². The van der Waals surface area contributed by atoms with Crippen molar-refractivity contribution in [1.29, 1.82) is 0 Å². The van der Waals surface area contributed by atoms with Gasteiger partial charge in [-0.15, -0.1) is 0 Å². The zero-order chi connectivity index (χ0) is 24.2. The fourth-order valence-corrected chi connectivity index (χ4v) is 4.65. The van der Waals surface area contributed by atoms with Gasteiger partial charge >= 0.3 is 5.97 Å². The fraction of sp³-hybridized carbons (Fsp3) is 0.391. The van der Waals surface area contributed by atoms with Crippen LogP contribution in [-0.2, 0) is 26.1 Å². The highest BCUT2D eigenvalue weighted by Crippen LogP contribution is 2.23. The molecule has 1 heterocycles. The summed E-state index contributed by atoms with van der Waals surface area (Å²) in [6.45, 7) is 4.83. The van der Waals surface area contributed by atoms with Crippen LogP contribution in [0.1, 0.15) is 22.8 Å². The van der Waals surface area contributed by atoms with Crippen molar-refractivity contribution in [3.05, 3.63) is 64.7 Å².